The van der Waals surface area contributed by atoms with E-state index in [1.165, 1.54) is 75.1 Å². The van der Waals surface area contributed by atoms with E-state index in [2.05, 4.69) is 48.6 Å². The summed E-state index contributed by atoms with van der Waals surface area (Å²) < 4.78 is 13.2. The van der Waals surface area contributed by atoms with Crippen LogP contribution in [-0.2, 0) is 9.47 Å². The Hall–Kier alpha value is 0.390. The maximum Gasteiger partial charge on any atom is 0.157 e. The van der Waals surface area contributed by atoms with Gasteiger partial charge in [0.15, 0.2) is 6.29 Å². The van der Waals surface area contributed by atoms with Gasteiger partial charge in [-0.15, -0.1) is 0 Å². The van der Waals surface area contributed by atoms with Crippen molar-refractivity contribution in [3.63, 3.8) is 0 Å². The molecule has 0 saturated carbocycles. The van der Waals surface area contributed by atoms with Gasteiger partial charge in [0.2, 0.25) is 0 Å². The first kappa shape index (κ1) is 25.4. The molecular weight excluding hydrogens is 423 g/mol. The Balaban J connectivity index is 3.66. The number of allylic oxidation sites excluding steroid dienone is 2. The van der Waals surface area contributed by atoms with Gasteiger partial charge < -0.3 is 9.47 Å². The quantitative estimate of drug-likeness (QED) is 0.0598. The normalized spacial score (nSPS) is 11.8. The van der Waals surface area contributed by atoms with Crippen LogP contribution < -0.4 is 0 Å². The number of rotatable bonds is 20. The molecule has 0 spiro atoms. The van der Waals surface area contributed by atoms with Gasteiger partial charge in [0, 0.05) is 17.6 Å². The van der Waals surface area contributed by atoms with E-state index in [-0.39, 0.29) is 6.29 Å². The van der Waals surface area contributed by atoms with Gasteiger partial charge in [-0.05, 0) is 44.9 Å². The van der Waals surface area contributed by atoms with Crippen molar-refractivity contribution < 1.29 is 9.47 Å². The summed E-state index contributed by atoms with van der Waals surface area (Å²) in [5.41, 5.74) is 0. The van der Waals surface area contributed by atoms with Crippen LogP contribution in [0.25, 0.3) is 0 Å². The molecule has 0 rings (SSSR count). The van der Waals surface area contributed by atoms with Crippen molar-refractivity contribution in [2.24, 2.45) is 0 Å². The van der Waals surface area contributed by atoms with Crippen LogP contribution in [0.3, 0.4) is 0 Å². The van der Waals surface area contributed by atoms with E-state index < -0.39 is 0 Å². The Morgan fingerprint density at radius 2 is 1.24 bits per heavy atom. The number of alkyl halides is 1. The number of hydrogen-bond acceptors (Lipinski definition) is 2. The average molecular weight is 466 g/mol. The minimum absolute atomic E-state index is 0.0323. The Labute approximate surface area is 171 Å². The first-order valence-corrected chi connectivity index (χ1v) is 12.3. The highest BCUT2D eigenvalue weighted by Crippen LogP contribution is 2.13. The van der Waals surface area contributed by atoms with Gasteiger partial charge in [0.05, 0.1) is 0 Å². The van der Waals surface area contributed by atoms with E-state index in [0.29, 0.717) is 0 Å². The van der Waals surface area contributed by atoms with Crippen LogP contribution in [0, 0.1) is 0 Å². The second-order valence-electron chi connectivity index (χ2n) is 6.88. The Kier molecular flexibility index (Phi) is 22.8. The molecule has 0 aromatic carbocycles. The number of halogens is 1. The van der Waals surface area contributed by atoms with Crippen LogP contribution >= 0.6 is 22.6 Å². The monoisotopic (exact) mass is 466 g/mol. The molecule has 0 aliphatic carbocycles. The zero-order valence-electron chi connectivity index (χ0n) is 16.9. The average Bonchev–Trinajstić information content (AvgIpc) is 2.63. The molecule has 0 aliphatic heterocycles. The molecule has 0 aromatic heterocycles. The lowest BCUT2D eigenvalue weighted by atomic mass is 10.1. The smallest absolute Gasteiger partial charge is 0.157 e. The van der Waals surface area contributed by atoms with Gasteiger partial charge in [-0.25, -0.2) is 0 Å². The zero-order valence-corrected chi connectivity index (χ0v) is 19.1. The lowest BCUT2D eigenvalue weighted by Crippen LogP contribution is -2.19. The van der Waals surface area contributed by atoms with Gasteiger partial charge in [-0.3, -0.25) is 0 Å². The van der Waals surface area contributed by atoms with Crippen molar-refractivity contribution >= 4 is 22.6 Å². The summed E-state index contributed by atoms with van der Waals surface area (Å²) in [6, 6.07) is 0. The summed E-state index contributed by atoms with van der Waals surface area (Å²) >= 11 is 2.43. The molecule has 150 valence electrons. The number of hydrogen-bond donors (Lipinski definition) is 0. The molecule has 0 atom stereocenters. The van der Waals surface area contributed by atoms with Crippen LogP contribution in [0.1, 0.15) is 104 Å². The van der Waals surface area contributed by atoms with Gasteiger partial charge in [-0.1, -0.05) is 93.5 Å². The van der Waals surface area contributed by atoms with Gasteiger partial charge >= 0.3 is 0 Å². The molecular formula is C22H43IO2. The molecule has 2 nitrogen and oxygen atoms in total. The fourth-order valence-electron chi connectivity index (χ4n) is 2.75. The molecule has 0 saturated heterocycles. The zero-order chi connectivity index (χ0) is 18.4. The van der Waals surface area contributed by atoms with Gasteiger partial charge in [0.25, 0.3) is 0 Å². The summed E-state index contributed by atoms with van der Waals surface area (Å²) in [6.07, 6.45) is 22.2. The van der Waals surface area contributed by atoms with E-state index in [1.54, 1.807) is 0 Å². The molecule has 0 fully saturated rings. The molecule has 0 aliphatic rings. The molecule has 0 radical (unpaired) electrons. The highest BCUT2D eigenvalue weighted by Gasteiger charge is 2.09. The largest absolute Gasteiger partial charge is 0.353 e. The standard InChI is InChI=1S/C22H43IO2/c1-3-5-16-20-24-22(25-21-17-6-4-2)18-14-12-10-8-7-9-11-13-15-19-23/h11,13,22H,3-10,12,14-21H2,1-2H3/b13-11-. The van der Waals surface area contributed by atoms with Crippen LogP contribution in [0.2, 0.25) is 0 Å². The Bertz CT molecular complexity index is 257. The first-order valence-electron chi connectivity index (χ1n) is 10.8. The number of ether oxygens (including phenoxy) is 2. The molecule has 0 bridgehead atoms. The lowest BCUT2D eigenvalue weighted by Gasteiger charge is -2.18. The lowest BCUT2D eigenvalue weighted by molar-refractivity contribution is -0.148. The highest BCUT2D eigenvalue weighted by molar-refractivity contribution is 14.1. The van der Waals surface area contributed by atoms with Gasteiger partial charge in [-0.2, -0.15) is 0 Å². The topological polar surface area (TPSA) is 18.5 Å². The van der Waals surface area contributed by atoms with Crippen LogP contribution in [0.15, 0.2) is 12.2 Å². The predicted octanol–water partition coefficient (Wildman–Crippen LogP) is 7.84. The Morgan fingerprint density at radius 1 is 0.680 bits per heavy atom. The summed E-state index contributed by atoms with van der Waals surface area (Å²) in [7, 11) is 0. The molecule has 0 amide bonds. The van der Waals surface area contributed by atoms with E-state index in [1.807, 2.05) is 0 Å². The minimum atomic E-state index is 0.0323. The SMILES string of the molecule is CCCCCOC(CCCCCCC/C=C\CCI)OCCCCC. The van der Waals surface area contributed by atoms with Gasteiger partial charge in [0.1, 0.15) is 0 Å². The molecule has 25 heavy (non-hydrogen) atoms. The maximum atomic E-state index is 5.98. The van der Waals surface area contributed by atoms with Crippen LogP contribution in [0.4, 0.5) is 0 Å². The highest BCUT2D eigenvalue weighted by atomic mass is 127. The summed E-state index contributed by atoms with van der Waals surface area (Å²) in [5, 5.41) is 0. The van der Waals surface area contributed by atoms with Crippen molar-refractivity contribution in [2.75, 3.05) is 17.6 Å². The van der Waals surface area contributed by atoms with E-state index in [4.69, 9.17) is 9.47 Å². The molecule has 0 N–H and O–H groups in total. The third kappa shape index (κ3) is 20.6. The second-order valence-corrected chi connectivity index (χ2v) is 7.96. The summed E-state index contributed by atoms with van der Waals surface area (Å²) in [6.45, 7) is 6.18. The van der Waals surface area contributed by atoms with E-state index >= 15 is 0 Å². The Morgan fingerprint density at radius 3 is 1.84 bits per heavy atom. The van der Waals surface area contributed by atoms with Crippen molar-refractivity contribution in [3.8, 4) is 0 Å². The molecule has 0 aromatic rings. The first-order chi connectivity index (χ1) is 12.3. The summed E-state index contributed by atoms with van der Waals surface area (Å²) in [4.78, 5) is 0. The second kappa shape index (κ2) is 22.4. The molecule has 0 heterocycles. The third-order valence-electron chi connectivity index (χ3n) is 4.36. The third-order valence-corrected chi connectivity index (χ3v) is 4.98. The van der Waals surface area contributed by atoms with E-state index in [0.717, 1.165) is 32.5 Å². The van der Waals surface area contributed by atoms with Crippen molar-refractivity contribution in [1.29, 1.82) is 0 Å². The predicted molar refractivity (Wildman–Crippen MR) is 120 cm³/mol. The summed E-state index contributed by atoms with van der Waals surface area (Å²) in [5.74, 6) is 0. The van der Waals surface area contributed by atoms with Crippen LogP contribution in [-0.4, -0.2) is 23.9 Å². The maximum absolute atomic E-state index is 5.98. The minimum Gasteiger partial charge on any atom is -0.353 e. The van der Waals surface area contributed by atoms with Crippen molar-refractivity contribution in [2.45, 2.75) is 110 Å². The number of unbranched alkanes of at least 4 members (excludes halogenated alkanes) is 9. The fourth-order valence-corrected chi connectivity index (χ4v) is 3.11. The molecule has 0 unspecified atom stereocenters. The van der Waals surface area contributed by atoms with Crippen LogP contribution in [0.5, 0.6) is 0 Å². The van der Waals surface area contributed by atoms with E-state index in [9.17, 15) is 0 Å². The van der Waals surface area contributed by atoms with Crippen molar-refractivity contribution in [3.05, 3.63) is 12.2 Å². The molecule has 3 heteroatoms. The fraction of sp³-hybridized carbons (Fsp3) is 0.909. The van der Waals surface area contributed by atoms with Crippen molar-refractivity contribution in [1.82, 2.24) is 0 Å².